The molecule has 1 fully saturated rings. The summed E-state index contributed by atoms with van der Waals surface area (Å²) >= 11 is 0. The first-order chi connectivity index (χ1) is 10.5. The average molecular weight is 437 g/mol. The van der Waals surface area contributed by atoms with Crippen LogP contribution in [0.5, 0.6) is 0 Å². The molecule has 23 heavy (non-hydrogen) atoms. The molecule has 0 spiro atoms. The summed E-state index contributed by atoms with van der Waals surface area (Å²) in [5.74, 6) is 0.669. The van der Waals surface area contributed by atoms with E-state index in [0.717, 1.165) is 18.7 Å². The zero-order valence-electron chi connectivity index (χ0n) is 14.7. The maximum atomic E-state index is 11.6. The van der Waals surface area contributed by atoms with Gasteiger partial charge < -0.3 is 20.4 Å². The fourth-order valence-electron chi connectivity index (χ4n) is 2.21. The van der Waals surface area contributed by atoms with Gasteiger partial charge in [0.05, 0.1) is 0 Å². The number of nitrogens with one attached hydrogen (secondary N) is 2. The minimum Gasteiger partial charge on any atom is -0.355 e. The normalized spacial score (nSPS) is 15.5. The summed E-state index contributed by atoms with van der Waals surface area (Å²) in [5.41, 5.74) is 1.03. The van der Waals surface area contributed by atoms with E-state index < -0.39 is 0 Å². The van der Waals surface area contributed by atoms with E-state index in [4.69, 9.17) is 0 Å². The number of nitrogens with zero attached hydrogens (tertiary/aromatic N) is 3. The van der Waals surface area contributed by atoms with E-state index in [1.165, 1.54) is 32.4 Å². The van der Waals surface area contributed by atoms with Crippen molar-refractivity contribution in [3.8, 4) is 0 Å². The Morgan fingerprint density at radius 1 is 1.22 bits per heavy atom. The van der Waals surface area contributed by atoms with E-state index in [0.29, 0.717) is 12.5 Å². The SMILES string of the molecule is C=C(C)CNC(=NCC(=O)N(C)C)NCCN1CCCCC1.I. The van der Waals surface area contributed by atoms with Gasteiger partial charge in [-0.15, -0.1) is 24.0 Å². The summed E-state index contributed by atoms with van der Waals surface area (Å²) < 4.78 is 0. The highest BCUT2D eigenvalue weighted by Crippen LogP contribution is 2.07. The first kappa shape index (κ1) is 22.2. The molecule has 134 valence electrons. The van der Waals surface area contributed by atoms with E-state index >= 15 is 0 Å². The van der Waals surface area contributed by atoms with Crippen molar-refractivity contribution in [1.82, 2.24) is 20.4 Å². The van der Waals surface area contributed by atoms with Crippen LogP contribution in [0.3, 0.4) is 0 Å². The van der Waals surface area contributed by atoms with Crippen LogP contribution in [-0.2, 0) is 4.79 Å². The molecule has 2 N–H and O–H groups in total. The average Bonchev–Trinajstić information content (AvgIpc) is 2.49. The van der Waals surface area contributed by atoms with Crippen LogP contribution in [0, 0.1) is 0 Å². The number of likely N-dealkylation sites (N-methyl/N-ethyl adjacent to an activating group) is 1. The molecule has 1 aliphatic rings. The molecule has 1 rings (SSSR count). The lowest BCUT2D eigenvalue weighted by atomic mass is 10.1. The Balaban J connectivity index is 0.00000484. The quantitative estimate of drug-likeness (QED) is 0.273. The predicted molar refractivity (Wildman–Crippen MR) is 108 cm³/mol. The van der Waals surface area contributed by atoms with E-state index in [1.807, 2.05) is 6.92 Å². The number of halogens is 1. The molecule has 0 aromatic heterocycles. The molecule has 1 saturated heterocycles. The number of guanidine groups is 1. The number of hydrogen-bond acceptors (Lipinski definition) is 3. The van der Waals surface area contributed by atoms with Crippen LogP contribution < -0.4 is 10.6 Å². The first-order valence-electron chi connectivity index (χ1n) is 8.08. The second kappa shape index (κ2) is 12.6. The van der Waals surface area contributed by atoms with E-state index in [1.54, 1.807) is 19.0 Å². The van der Waals surface area contributed by atoms with E-state index in [9.17, 15) is 4.79 Å². The monoisotopic (exact) mass is 437 g/mol. The molecule has 0 unspecified atom stereocenters. The van der Waals surface area contributed by atoms with Crippen LogP contribution in [0.2, 0.25) is 0 Å². The molecule has 0 atom stereocenters. The van der Waals surface area contributed by atoms with Crippen molar-refractivity contribution in [2.24, 2.45) is 4.99 Å². The van der Waals surface area contributed by atoms with Gasteiger partial charge in [0.15, 0.2) is 5.96 Å². The van der Waals surface area contributed by atoms with Crippen molar-refractivity contribution in [3.05, 3.63) is 12.2 Å². The number of amides is 1. The highest BCUT2D eigenvalue weighted by atomic mass is 127. The zero-order valence-corrected chi connectivity index (χ0v) is 17.1. The van der Waals surface area contributed by atoms with Gasteiger partial charge in [0.1, 0.15) is 6.54 Å². The lowest BCUT2D eigenvalue weighted by Crippen LogP contribution is -2.43. The number of rotatable bonds is 7. The molecule has 0 aromatic carbocycles. The molecular weight excluding hydrogens is 405 g/mol. The summed E-state index contributed by atoms with van der Waals surface area (Å²) in [6.07, 6.45) is 3.95. The lowest BCUT2D eigenvalue weighted by molar-refractivity contribution is -0.127. The van der Waals surface area contributed by atoms with Gasteiger partial charge in [0.2, 0.25) is 5.91 Å². The van der Waals surface area contributed by atoms with Crippen LogP contribution in [0.1, 0.15) is 26.2 Å². The summed E-state index contributed by atoms with van der Waals surface area (Å²) in [6.45, 7) is 10.9. The van der Waals surface area contributed by atoms with Gasteiger partial charge in [-0.3, -0.25) is 4.79 Å². The summed E-state index contributed by atoms with van der Waals surface area (Å²) in [7, 11) is 3.48. The number of likely N-dealkylation sites (tertiary alicyclic amines) is 1. The number of hydrogen-bond donors (Lipinski definition) is 2. The van der Waals surface area contributed by atoms with Crippen molar-refractivity contribution < 1.29 is 4.79 Å². The van der Waals surface area contributed by atoms with Gasteiger partial charge in [0, 0.05) is 33.7 Å². The Hall–Kier alpha value is -0.830. The molecule has 7 heteroatoms. The largest absolute Gasteiger partial charge is 0.355 e. The van der Waals surface area contributed by atoms with Gasteiger partial charge in [-0.25, -0.2) is 4.99 Å². The Morgan fingerprint density at radius 3 is 2.43 bits per heavy atom. The molecule has 0 aromatic rings. The van der Waals surface area contributed by atoms with Crippen LogP contribution in [0.25, 0.3) is 0 Å². The maximum Gasteiger partial charge on any atom is 0.243 e. The predicted octanol–water partition coefficient (Wildman–Crippen LogP) is 1.29. The molecule has 0 aliphatic carbocycles. The molecule has 6 nitrogen and oxygen atoms in total. The third-order valence-corrected chi connectivity index (χ3v) is 3.60. The topological polar surface area (TPSA) is 60.0 Å². The Kier molecular flexibility index (Phi) is 12.1. The van der Waals surface area contributed by atoms with Crippen molar-refractivity contribution in [3.63, 3.8) is 0 Å². The fraction of sp³-hybridized carbons (Fsp3) is 0.750. The van der Waals surface area contributed by atoms with Crippen LogP contribution in [-0.4, -0.2) is 75.0 Å². The Morgan fingerprint density at radius 2 is 1.87 bits per heavy atom. The van der Waals surface area contributed by atoms with Gasteiger partial charge in [-0.2, -0.15) is 0 Å². The third-order valence-electron chi connectivity index (χ3n) is 3.60. The second-order valence-corrected chi connectivity index (χ2v) is 6.09. The highest BCUT2D eigenvalue weighted by molar-refractivity contribution is 14.0. The fourth-order valence-corrected chi connectivity index (χ4v) is 2.21. The molecular formula is C16H32IN5O. The van der Waals surface area contributed by atoms with Gasteiger partial charge in [0.25, 0.3) is 0 Å². The molecule has 0 radical (unpaired) electrons. The molecule has 0 bridgehead atoms. The van der Waals surface area contributed by atoms with Crippen LogP contribution >= 0.6 is 24.0 Å². The summed E-state index contributed by atoms with van der Waals surface area (Å²) in [5, 5.41) is 6.50. The van der Waals surface area contributed by atoms with Crippen molar-refractivity contribution in [2.45, 2.75) is 26.2 Å². The molecule has 0 saturated carbocycles. The minimum absolute atomic E-state index is 0. The summed E-state index contributed by atoms with van der Waals surface area (Å²) in [4.78, 5) is 20.0. The summed E-state index contributed by atoms with van der Waals surface area (Å²) in [6, 6.07) is 0. The number of carbonyl (C=O) groups excluding carboxylic acids is 1. The smallest absolute Gasteiger partial charge is 0.243 e. The molecule has 1 heterocycles. The number of piperidine rings is 1. The third kappa shape index (κ3) is 10.5. The molecule has 1 aliphatic heterocycles. The lowest BCUT2D eigenvalue weighted by Gasteiger charge is -2.26. The van der Waals surface area contributed by atoms with Gasteiger partial charge in [-0.05, 0) is 32.9 Å². The van der Waals surface area contributed by atoms with E-state index in [-0.39, 0.29) is 36.4 Å². The van der Waals surface area contributed by atoms with Crippen molar-refractivity contribution in [2.75, 3.05) is 53.4 Å². The standard InChI is InChI=1S/C16H31N5O.HI/c1-14(2)12-18-16(19-13-15(22)20(3)4)17-8-11-21-9-6-5-7-10-21;/h1,5-13H2,2-4H3,(H2,17,18,19);1H. The first-order valence-corrected chi connectivity index (χ1v) is 8.08. The number of aliphatic imine (C=N–C) groups is 1. The minimum atomic E-state index is -0.00699. The van der Waals surface area contributed by atoms with Crippen molar-refractivity contribution in [1.29, 1.82) is 0 Å². The Labute approximate surface area is 157 Å². The second-order valence-electron chi connectivity index (χ2n) is 6.09. The van der Waals surface area contributed by atoms with Crippen molar-refractivity contribution >= 4 is 35.8 Å². The maximum absolute atomic E-state index is 11.6. The van der Waals surface area contributed by atoms with Crippen LogP contribution in [0.15, 0.2) is 17.1 Å². The highest BCUT2D eigenvalue weighted by Gasteiger charge is 2.10. The molecule has 1 amide bonds. The zero-order chi connectivity index (χ0) is 16.4. The van der Waals surface area contributed by atoms with Gasteiger partial charge >= 0.3 is 0 Å². The van der Waals surface area contributed by atoms with E-state index in [2.05, 4.69) is 27.1 Å². The van der Waals surface area contributed by atoms with Gasteiger partial charge in [-0.1, -0.05) is 18.6 Å². The number of carbonyl (C=O) groups is 1. The van der Waals surface area contributed by atoms with Crippen LogP contribution in [0.4, 0.5) is 0 Å². The Bertz CT molecular complexity index is 392.